The van der Waals surface area contributed by atoms with Gasteiger partial charge in [0.2, 0.25) is 0 Å². The quantitative estimate of drug-likeness (QED) is 0.447. The van der Waals surface area contributed by atoms with E-state index < -0.39 is 48.9 Å². The number of nitrogens with two attached hydrogens (primary N) is 1. The Morgan fingerprint density at radius 3 is 2.25 bits per heavy atom. The molecule has 0 aromatic rings. The summed E-state index contributed by atoms with van der Waals surface area (Å²) in [5.41, 5.74) is 4.38. The molecule has 0 aliphatic carbocycles. The van der Waals surface area contributed by atoms with Crippen LogP contribution >= 0.6 is 0 Å². The molecule has 0 aromatic carbocycles. The molecule has 0 aliphatic heterocycles. The Bertz CT molecular complexity index is 364. The number of ether oxygens (including phenoxy) is 2. The molecule has 0 aliphatic rings. The van der Waals surface area contributed by atoms with Crippen molar-refractivity contribution in [1.82, 2.24) is 5.32 Å². The van der Waals surface area contributed by atoms with Crippen molar-refractivity contribution in [3.8, 4) is 0 Å². The molecule has 0 bridgehead atoms. The molecule has 0 rings (SSSR count). The summed E-state index contributed by atoms with van der Waals surface area (Å²) >= 11 is 0. The van der Waals surface area contributed by atoms with Gasteiger partial charge in [-0.1, -0.05) is 0 Å². The minimum absolute atomic E-state index is 0.569. The van der Waals surface area contributed by atoms with Crippen LogP contribution in [0, 0.1) is 0 Å². The summed E-state index contributed by atoms with van der Waals surface area (Å²) in [7, 11) is 0. The van der Waals surface area contributed by atoms with Gasteiger partial charge in [-0.3, -0.25) is 4.79 Å². The zero-order chi connectivity index (χ0) is 15.9. The van der Waals surface area contributed by atoms with Crippen LogP contribution in [0.5, 0.6) is 0 Å². The van der Waals surface area contributed by atoms with Crippen LogP contribution in [0.1, 0.15) is 20.8 Å². The topological polar surface area (TPSA) is 148 Å². The molecule has 2 atom stereocenters. The van der Waals surface area contributed by atoms with Crippen molar-refractivity contribution in [2.75, 3.05) is 13.2 Å². The number of alkyl carbamates (subject to hydrolysis) is 1. The lowest BCUT2D eigenvalue weighted by molar-refractivity contribution is -0.150. The fourth-order valence-corrected chi connectivity index (χ4v) is 0.973. The lowest BCUT2D eigenvalue weighted by atomic mass is 10.2. The predicted molar refractivity (Wildman–Crippen MR) is 66.8 cm³/mol. The van der Waals surface area contributed by atoms with E-state index in [1.807, 2.05) is 0 Å². The summed E-state index contributed by atoms with van der Waals surface area (Å²) in [5, 5.41) is 19.6. The van der Waals surface area contributed by atoms with E-state index in [2.05, 4.69) is 10.1 Å². The summed E-state index contributed by atoms with van der Waals surface area (Å²) in [6, 6.07) is -2.73. The minimum Gasteiger partial charge on any atom is -0.480 e. The zero-order valence-corrected chi connectivity index (χ0v) is 11.6. The van der Waals surface area contributed by atoms with E-state index in [0.717, 1.165) is 0 Å². The highest BCUT2D eigenvalue weighted by Gasteiger charge is 2.26. The number of carbonyl (C=O) groups is 3. The van der Waals surface area contributed by atoms with Gasteiger partial charge >= 0.3 is 18.0 Å². The van der Waals surface area contributed by atoms with Gasteiger partial charge < -0.3 is 30.7 Å². The van der Waals surface area contributed by atoms with Crippen molar-refractivity contribution in [2.24, 2.45) is 5.73 Å². The summed E-state index contributed by atoms with van der Waals surface area (Å²) in [6.45, 7) is 3.60. The van der Waals surface area contributed by atoms with Crippen molar-refractivity contribution < 1.29 is 34.1 Å². The number of aliphatic hydroxyl groups excluding tert-OH is 1. The molecule has 5 N–H and O–H groups in total. The maximum Gasteiger partial charge on any atom is 0.408 e. The van der Waals surface area contributed by atoms with Crippen molar-refractivity contribution in [1.29, 1.82) is 0 Å². The highest BCUT2D eigenvalue weighted by Crippen LogP contribution is 2.06. The highest BCUT2D eigenvalue weighted by atomic mass is 16.6. The molecular weight excluding hydrogens is 272 g/mol. The Kier molecular flexibility index (Phi) is 6.94. The van der Waals surface area contributed by atoms with Crippen molar-refractivity contribution >= 4 is 18.0 Å². The van der Waals surface area contributed by atoms with E-state index in [-0.39, 0.29) is 0 Å². The molecule has 0 aromatic heterocycles. The van der Waals surface area contributed by atoms with Crippen LogP contribution in [0.25, 0.3) is 0 Å². The summed E-state index contributed by atoms with van der Waals surface area (Å²) in [6.07, 6.45) is -0.906. The number of carboxylic acid groups (broad SMARTS) is 1. The lowest BCUT2D eigenvalue weighted by Crippen LogP contribution is -2.47. The minimum atomic E-state index is -1.38. The van der Waals surface area contributed by atoms with Crippen LogP contribution in [0.2, 0.25) is 0 Å². The van der Waals surface area contributed by atoms with E-state index >= 15 is 0 Å². The molecular formula is C11H20N2O7. The fourth-order valence-electron chi connectivity index (χ4n) is 0.973. The van der Waals surface area contributed by atoms with Gasteiger partial charge in [-0.2, -0.15) is 0 Å². The Balaban J connectivity index is 4.35. The van der Waals surface area contributed by atoms with Crippen LogP contribution < -0.4 is 11.1 Å². The Labute approximate surface area is 116 Å². The van der Waals surface area contributed by atoms with Gasteiger partial charge in [-0.25, -0.2) is 9.59 Å². The Morgan fingerprint density at radius 1 is 1.30 bits per heavy atom. The normalized spacial score (nSPS) is 14.1. The van der Waals surface area contributed by atoms with E-state index in [4.69, 9.17) is 20.7 Å². The van der Waals surface area contributed by atoms with E-state index in [1.54, 1.807) is 20.8 Å². The number of nitrogens with one attached hydrogen (secondary N) is 1. The smallest absolute Gasteiger partial charge is 0.408 e. The molecule has 0 saturated carbocycles. The van der Waals surface area contributed by atoms with Gasteiger partial charge in [-0.05, 0) is 20.8 Å². The molecule has 116 valence electrons. The van der Waals surface area contributed by atoms with Crippen LogP contribution in [-0.2, 0) is 19.1 Å². The Hall–Kier alpha value is -1.87. The number of hydrogen-bond donors (Lipinski definition) is 4. The number of aliphatic hydroxyl groups is 1. The Morgan fingerprint density at radius 2 is 1.85 bits per heavy atom. The SMILES string of the molecule is CC(C)(C)OC(=O)N[C@H](CO)C(=O)OC[C@@H](N)C(=O)O. The van der Waals surface area contributed by atoms with Gasteiger partial charge in [0.15, 0.2) is 6.04 Å². The molecule has 20 heavy (non-hydrogen) atoms. The summed E-state index contributed by atoms with van der Waals surface area (Å²) in [4.78, 5) is 33.3. The van der Waals surface area contributed by atoms with Crippen LogP contribution in [-0.4, -0.2) is 59.1 Å². The monoisotopic (exact) mass is 292 g/mol. The first-order valence-electron chi connectivity index (χ1n) is 5.82. The number of rotatable bonds is 6. The third-order valence-electron chi connectivity index (χ3n) is 1.88. The largest absolute Gasteiger partial charge is 0.480 e. The maximum atomic E-state index is 11.5. The number of carbonyl (C=O) groups excluding carboxylic acids is 2. The van der Waals surface area contributed by atoms with Crippen LogP contribution in [0.4, 0.5) is 4.79 Å². The maximum absolute atomic E-state index is 11.5. The number of aliphatic carboxylic acids is 1. The first-order valence-corrected chi connectivity index (χ1v) is 5.82. The first-order chi connectivity index (χ1) is 9.06. The van der Waals surface area contributed by atoms with Crippen molar-refractivity contribution in [3.63, 3.8) is 0 Å². The average Bonchev–Trinajstić information content (AvgIpc) is 2.29. The van der Waals surface area contributed by atoms with Gasteiger partial charge in [0.1, 0.15) is 18.2 Å². The predicted octanol–water partition coefficient (Wildman–Crippen LogP) is -1.17. The number of amides is 1. The van der Waals surface area contributed by atoms with Gasteiger partial charge in [0.25, 0.3) is 0 Å². The van der Waals surface area contributed by atoms with Gasteiger partial charge in [-0.15, -0.1) is 0 Å². The number of carboxylic acids is 1. The standard InChI is InChI=1S/C11H20N2O7/c1-11(2,3)20-10(18)13-7(4-14)9(17)19-5-6(12)8(15)16/h6-7,14H,4-5,12H2,1-3H3,(H,13,18)(H,15,16)/t6-,7-/m1/s1. The number of esters is 1. The molecule has 0 fully saturated rings. The zero-order valence-electron chi connectivity index (χ0n) is 11.6. The van der Waals surface area contributed by atoms with Gasteiger partial charge in [0, 0.05) is 0 Å². The fraction of sp³-hybridized carbons (Fsp3) is 0.727. The molecule has 9 nitrogen and oxygen atoms in total. The summed E-state index contributed by atoms with van der Waals surface area (Å²) < 4.78 is 9.47. The van der Waals surface area contributed by atoms with E-state index in [1.165, 1.54) is 0 Å². The second kappa shape index (κ2) is 7.65. The molecule has 0 radical (unpaired) electrons. The van der Waals surface area contributed by atoms with Gasteiger partial charge in [0.05, 0.1) is 6.61 Å². The molecule has 0 unspecified atom stereocenters. The van der Waals surface area contributed by atoms with E-state index in [9.17, 15) is 14.4 Å². The average molecular weight is 292 g/mol. The molecule has 1 amide bonds. The number of hydrogen-bond acceptors (Lipinski definition) is 7. The van der Waals surface area contributed by atoms with Crippen LogP contribution in [0.3, 0.4) is 0 Å². The second-order valence-corrected chi connectivity index (χ2v) is 4.96. The second-order valence-electron chi connectivity index (χ2n) is 4.96. The van der Waals surface area contributed by atoms with E-state index in [0.29, 0.717) is 0 Å². The highest BCUT2D eigenvalue weighted by molar-refractivity contribution is 5.82. The molecule has 9 heteroatoms. The van der Waals surface area contributed by atoms with Crippen LogP contribution in [0.15, 0.2) is 0 Å². The molecule has 0 saturated heterocycles. The molecule has 0 spiro atoms. The lowest BCUT2D eigenvalue weighted by Gasteiger charge is -2.22. The third kappa shape index (κ3) is 7.54. The molecule has 0 heterocycles. The summed E-state index contributed by atoms with van der Waals surface area (Å²) in [5.74, 6) is -2.34. The van der Waals surface area contributed by atoms with Crippen molar-refractivity contribution in [3.05, 3.63) is 0 Å². The first kappa shape index (κ1) is 18.1. The van der Waals surface area contributed by atoms with Crippen molar-refractivity contribution in [2.45, 2.75) is 38.5 Å². The third-order valence-corrected chi connectivity index (χ3v) is 1.88.